The Labute approximate surface area is 318 Å². The molecule has 0 aliphatic rings. The summed E-state index contributed by atoms with van der Waals surface area (Å²) in [5, 5.41) is 0. The molecule has 0 saturated heterocycles. The molecule has 296 valence electrons. The molecule has 0 aromatic heterocycles. The first-order valence-corrected chi connectivity index (χ1v) is 28.7. The Morgan fingerprint density at radius 3 is 0.429 bits per heavy atom. The van der Waals surface area contributed by atoms with E-state index >= 15 is 0 Å². The number of unbranched alkanes of at least 4 members (excludes halogenated alkanes) is 36. The third kappa shape index (κ3) is 38.3. The Bertz CT molecular complexity index is 468. The minimum absolute atomic E-state index is 1.38. The van der Waals surface area contributed by atoms with Gasteiger partial charge in [0, 0.05) is 0 Å². The van der Waals surface area contributed by atoms with Crippen LogP contribution in [0.2, 0.25) is 18.9 Å². The van der Waals surface area contributed by atoms with Gasteiger partial charge in [-0.25, -0.2) is 0 Å². The Balaban J connectivity index is 4.87. The first-order valence-electron chi connectivity index (χ1n) is 24.2. The van der Waals surface area contributed by atoms with Crippen LogP contribution in [-0.2, 0) is 16.6 Å². The van der Waals surface area contributed by atoms with E-state index in [-0.39, 0.29) is 0 Å². The molecule has 0 aliphatic carbocycles. The fourth-order valence-corrected chi connectivity index (χ4v) is 17.3. The van der Waals surface area contributed by atoms with Crippen molar-refractivity contribution in [1.82, 2.24) is 0 Å². The van der Waals surface area contributed by atoms with Crippen molar-refractivity contribution in [1.29, 1.82) is 0 Å². The van der Waals surface area contributed by atoms with E-state index in [1.54, 1.807) is 70.3 Å². The summed E-state index contributed by atoms with van der Waals surface area (Å²) in [7, 11) is 0. The molecule has 0 heterocycles. The monoisotopic (exact) mass is 725 g/mol. The van der Waals surface area contributed by atoms with Gasteiger partial charge in [-0.3, -0.25) is 0 Å². The van der Waals surface area contributed by atoms with E-state index in [9.17, 15) is 0 Å². The third-order valence-corrected chi connectivity index (χ3v) is 21.1. The average Bonchev–Trinajstić information content (AvgIpc) is 3.11. The molecule has 0 saturated carbocycles. The van der Waals surface area contributed by atoms with Gasteiger partial charge in [-0.2, -0.15) is 0 Å². The topological polar surface area (TPSA) is 0 Å². The van der Waals surface area contributed by atoms with Crippen LogP contribution >= 0.6 is 0 Å². The molecule has 0 atom stereocenters. The molecule has 0 aromatic carbocycles. The van der Waals surface area contributed by atoms with Crippen LogP contribution in [0.5, 0.6) is 0 Å². The number of hydrogen-bond acceptors (Lipinski definition) is 0. The van der Waals surface area contributed by atoms with Gasteiger partial charge in [-0.15, -0.1) is 0 Å². The molecule has 0 N–H and O–H groups in total. The van der Waals surface area contributed by atoms with E-state index in [2.05, 4.69) is 27.7 Å². The molecule has 0 unspecified atom stereocenters. The van der Waals surface area contributed by atoms with E-state index in [1.165, 1.54) is 205 Å². The van der Waals surface area contributed by atoms with Crippen molar-refractivity contribution in [3.8, 4) is 0 Å². The molecule has 0 amide bonds. The summed E-state index contributed by atoms with van der Waals surface area (Å²) in [6, 6.07) is 0. The van der Waals surface area contributed by atoms with Crippen LogP contribution in [0.15, 0.2) is 0 Å². The van der Waals surface area contributed by atoms with Gasteiger partial charge in [0.05, 0.1) is 0 Å². The number of hydrogen-bond donors (Lipinski definition) is 0. The summed E-state index contributed by atoms with van der Waals surface area (Å²) in [5.41, 5.74) is 0. The maximum atomic E-state index is 2.34. The van der Waals surface area contributed by atoms with E-state index < -0.39 is 16.6 Å². The standard InChI is InChI=1S/4C12H25.Ti/c4*1-3-5-7-9-11-12-10-8-6-4-2;/h4*1,3-12H2,2H3;. The molecule has 0 radical (unpaired) electrons. The SMILES string of the molecule is CCCCCCCCCCC[CH2][Ti]([CH2]CCCCCCCCCCC)([CH2]CCCCCCCCCCC)[CH2]CCCCCCCCCCC. The number of rotatable bonds is 44. The van der Waals surface area contributed by atoms with E-state index in [1.807, 2.05) is 0 Å². The predicted octanol–water partition coefficient (Wildman–Crippen LogP) is 19.5. The predicted molar refractivity (Wildman–Crippen MR) is 227 cm³/mol. The van der Waals surface area contributed by atoms with Crippen molar-refractivity contribution in [2.24, 2.45) is 0 Å². The molecule has 0 aliphatic heterocycles. The van der Waals surface area contributed by atoms with Crippen molar-refractivity contribution in [3.05, 3.63) is 0 Å². The quantitative estimate of drug-likeness (QED) is 0.0433. The van der Waals surface area contributed by atoms with E-state index in [0.717, 1.165) is 0 Å². The van der Waals surface area contributed by atoms with Gasteiger partial charge in [0.25, 0.3) is 0 Å². The van der Waals surface area contributed by atoms with Crippen LogP contribution in [0.25, 0.3) is 0 Å². The molecule has 0 rings (SSSR count). The van der Waals surface area contributed by atoms with Gasteiger partial charge in [0.2, 0.25) is 0 Å². The van der Waals surface area contributed by atoms with Gasteiger partial charge in [0.15, 0.2) is 0 Å². The first kappa shape index (κ1) is 49.7. The Kier molecular flexibility index (Phi) is 43.7. The van der Waals surface area contributed by atoms with Gasteiger partial charge in [-0.1, -0.05) is 0 Å². The van der Waals surface area contributed by atoms with Gasteiger partial charge < -0.3 is 0 Å². The molecule has 0 fully saturated rings. The molecule has 1 heteroatoms. The van der Waals surface area contributed by atoms with Crippen LogP contribution in [0.3, 0.4) is 0 Å². The molecule has 0 nitrogen and oxygen atoms in total. The van der Waals surface area contributed by atoms with Crippen molar-refractivity contribution >= 4 is 0 Å². The fourth-order valence-electron chi connectivity index (χ4n) is 8.70. The summed E-state index contributed by atoms with van der Waals surface area (Å²) in [5.74, 6) is 0. The summed E-state index contributed by atoms with van der Waals surface area (Å²) in [6.45, 7) is 9.36. The molecule has 0 bridgehead atoms. The van der Waals surface area contributed by atoms with Gasteiger partial charge in [-0.05, 0) is 0 Å². The second kappa shape index (κ2) is 43.1. The summed E-state index contributed by atoms with van der Waals surface area (Å²) in [6.07, 6.45) is 60.0. The van der Waals surface area contributed by atoms with Crippen molar-refractivity contribution < 1.29 is 16.6 Å². The van der Waals surface area contributed by atoms with E-state index in [4.69, 9.17) is 0 Å². The maximum absolute atomic E-state index is 2.34. The third-order valence-electron chi connectivity index (χ3n) is 12.2. The molecular formula is C48H100Ti. The minimum atomic E-state index is -1.80. The second-order valence-electron chi connectivity index (χ2n) is 17.2. The van der Waals surface area contributed by atoms with Crippen LogP contribution in [-0.4, -0.2) is 0 Å². The zero-order valence-electron chi connectivity index (χ0n) is 35.6. The van der Waals surface area contributed by atoms with Crippen molar-refractivity contribution in [2.45, 2.75) is 303 Å². The molecule has 49 heavy (non-hydrogen) atoms. The zero-order chi connectivity index (χ0) is 35.6. The van der Waals surface area contributed by atoms with Crippen LogP contribution in [0.4, 0.5) is 0 Å². The van der Waals surface area contributed by atoms with E-state index in [0.29, 0.717) is 0 Å². The van der Waals surface area contributed by atoms with Crippen LogP contribution in [0, 0.1) is 0 Å². The Hall–Kier alpha value is 0.714. The van der Waals surface area contributed by atoms with Crippen LogP contribution < -0.4 is 0 Å². The Morgan fingerprint density at radius 2 is 0.286 bits per heavy atom. The average molecular weight is 725 g/mol. The molecule has 0 aromatic rings. The summed E-state index contributed by atoms with van der Waals surface area (Å²) < 4.78 is 6.96. The zero-order valence-corrected chi connectivity index (χ0v) is 37.2. The summed E-state index contributed by atoms with van der Waals surface area (Å²) in [4.78, 5) is 0. The molecular weight excluding hydrogens is 624 g/mol. The van der Waals surface area contributed by atoms with Crippen molar-refractivity contribution in [2.75, 3.05) is 0 Å². The van der Waals surface area contributed by atoms with Crippen LogP contribution in [0.1, 0.15) is 285 Å². The normalized spacial score (nSPS) is 12.0. The first-order chi connectivity index (χ1) is 24.2. The second-order valence-corrected chi connectivity index (χ2v) is 25.0. The van der Waals surface area contributed by atoms with Crippen molar-refractivity contribution in [3.63, 3.8) is 0 Å². The molecule has 0 spiro atoms. The van der Waals surface area contributed by atoms with Gasteiger partial charge in [0.1, 0.15) is 0 Å². The van der Waals surface area contributed by atoms with Gasteiger partial charge >= 0.3 is 320 Å². The summed E-state index contributed by atoms with van der Waals surface area (Å²) >= 11 is -1.80. The Morgan fingerprint density at radius 1 is 0.163 bits per heavy atom. The fraction of sp³-hybridized carbons (Fsp3) is 1.00.